The SMILES string of the molecule is O=[N+]([O-])C=C1NCCC1CCc1ccc(Cl)nc1. The molecule has 0 spiro atoms. The number of allylic oxidation sites excluding steroid dienone is 1. The molecule has 1 N–H and O–H groups in total. The molecule has 6 heteroatoms. The summed E-state index contributed by atoms with van der Waals surface area (Å²) >= 11 is 5.71. The molecule has 1 fully saturated rings. The van der Waals surface area contributed by atoms with Crippen molar-refractivity contribution in [3.8, 4) is 0 Å². The van der Waals surface area contributed by atoms with Crippen molar-refractivity contribution in [3.63, 3.8) is 0 Å². The maximum Gasteiger partial charge on any atom is 0.253 e. The summed E-state index contributed by atoms with van der Waals surface area (Å²) < 4.78 is 0. The van der Waals surface area contributed by atoms with Crippen LogP contribution in [0, 0.1) is 16.0 Å². The smallest absolute Gasteiger partial charge is 0.253 e. The van der Waals surface area contributed by atoms with Crippen molar-refractivity contribution in [2.24, 2.45) is 5.92 Å². The average molecular weight is 268 g/mol. The van der Waals surface area contributed by atoms with E-state index >= 15 is 0 Å². The van der Waals surface area contributed by atoms with Crippen molar-refractivity contribution in [1.29, 1.82) is 0 Å². The molecular weight excluding hydrogens is 254 g/mol. The number of pyridine rings is 1. The third kappa shape index (κ3) is 3.43. The molecule has 0 bridgehead atoms. The Bertz CT molecular complexity index is 459. The van der Waals surface area contributed by atoms with Crippen LogP contribution in [0.3, 0.4) is 0 Å². The van der Waals surface area contributed by atoms with Crippen LogP contribution in [0.5, 0.6) is 0 Å². The van der Waals surface area contributed by atoms with E-state index in [1.807, 2.05) is 6.07 Å². The maximum atomic E-state index is 10.5. The van der Waals surface area contributed by atoms with Crippen molar-refractivity contribution in [2.45, 2.75) is 19.3 Å². The van der Waals surface area contributed by atoms with E-state index in [9.17, 15) is 10.1 Å². The third-order valence-electron chi connectivity index (χ3n) is 3.08. The van der Waals surface area contributed by atoms with Gasteiger partial charge in [-0.15, -0.1) is 0 Å². The van der Waals surface area contributed by atoms with Gasteiger partial charge < -0.3 is 5.32 Å². The van der Waals surface area contributed by atoms with Crippen molar-refractivity contribution < 1.29 is 4.92 Å². The first-order chi connectivity index (χ1) is 8.65. The fourth-order valence-electron chi connectivity index (χ4n) is 2.15. The van der Waals surface area contributed by atoms with E-state index in [1.54, 1.807) is 12.3 Å². The monoisotopic (exact) mass is 267 g/mol. The molecule has 2 heterocycles. The van der Waals surface area contributed by atoms with Crippen LogP contribution in [0.1, 0.15) is 18.4 Å². The van der Waals surface area contributed by atoms with Gasteiger partial charge in [-0.1, -0.05) is 17.7 Å². The Morgan fingerprint density at radius 3 is 3.11 bits per heavy atom. The molecular formula is C12H14ClN3O2. The highest BCUT2D eigenvalue weighted by Crippen LogP contribution is 2.24. The predicted molar refractivity (Wildman–Crippen MR) is 68.8 cm³/mol. The predicted octanol–water partition coefficient (Wildman–Crippen LogP) is 2.40. The van der Waals surface area contributed by atoms with E-state index < -0.39 is 4.92 Å². The summed E-state index contributed by atoms with van der Waals surface area (Å²) in [6.45, 7) is 0.809. The minimum atomic E-state index is -0.398. The maximum absolute atomic E-state index is 10.5. The van der Waals surface area contributed by atoms with E-state index in [0.29, 0.717) is 5.15 Å². The molecule has 18 heavy (non-hydrogen) atoms. The summed E-state index contributed by atoms with van der Waals surface area (Å²) in [6, 6.07) is 3.70. The van der Waals surface area contributed by atoms with Crippen LogP contribution in [-0.2, 0) is 6.42 Å². The lowest BCUT2D eigenvalue weighted by Gasteiger charge is -2.09. The summed E-state index contributed by atoms with van der Waals surface area (Å²) in [4.78, 5) is 14.1. The number of aromatic nitrogens is 1. The van der Waals surface area contributed by atoms with Gasteiger partial charge in [0, 0.05) is 18.7 Å². The number of halogens is 1. The fraction of sp³-hybridized carbons (Fsp3) is 0.417. The molecule has 0 amide bonds. The van der Waals surface area contributed by atoms with Gasteiger partial charge in [0.2, 0.25) is 0 Å². The van der Waals surface area contributed by atoms with Crippen molar-refractivity contribution >= 4 is 11.6 Å². The summed E-state index contributed by atoms with van der Waals surface area (Å²) in [5, 5.41) is 14.0. The number of hydrogen-bond donors (Lipinski definition) is 1. The lowest BCUT2D eigenvalue weighted by atomic mass is 9.97. The number of nitrogens with zero attached hydrogens (tertiary/aromatic N) is 2. The Morgan fingerprint density at radius 1 is 1.61 bits per heavy atom. The van der Waals surface area contributed by atoms with Crippen LogP contribution in [0.15, 0.2) is 30.2 Å². The summed E-state index contributed by atoms with van der Waals surface area (Å²) in [7, 11) is 0. The zero-order valence-electron chi connectivity index (χ0n) is 9.80. The van der Waals surface area contributed by atoms with Crippen LogP contribution in [-0.4, -0.2) is 16.5 Å². The van der Waals surface area contributed by atoms with Crippen LogP contribution >= 0.6 is 11.6 Å². The highest BCUT2D eigenvalue weighted by Gasteiger charge is 2.22. The zero-order valence-corrected chi connectivity index (χ0v) is 10.6. The Kier molecular flexibility index (Phi) is 4.15. The second-order valence-electron chi connectivity index (χ2n) is 4.31. The molecule has 1 aliphatic heterocycles. The molecule has 0 radical (unpaired) electrons. The van der Waals surface area contributed by atoms with E-state index in [1.165, 1.54) is 0 Å². The van der Waals surface area contributed by atoms with Crippen LogP contribution in [0.2, 0.25) is 5.15 Å². The van der Waals surface area contributed by atoms with Gasteiger partial charge in [0.05, 0.1) is 10.6 Å². The number of nitro groups is 1. The van der Waals surface area contributed by atoms with Gasteiger partial charge in [0.25, 0.3) is 6.20 Å². The molecule has 96 valence electrons. The van der Waals surface area contributed by atoms with Gasteiger partial charge in [0.1, 0.15) is 5.15 Å². The number of hydrogen-bond acceptors (Lipinski definition) is 4. The van der Waals surface area contributed by atoms with Crippen LogP contribution in [0.4, 0.5) is 0 Å². The van der Waals surface area contributed by atoms with E-state index in [4.69, 9.17) is 11.6 Å². The number of rotatable bonds is 4. The first-order valence-corrected chi connectivity index (χ1v) is 6.22. The van der Waals surface area contributed by atoms with E-state index in [0.717, 1.165) is 43.3 Å². The van der Waals surface area contributed by atoms with E-state index in [-0.39, 0.29) is 5.92 Å². The standard InChI is InChI=1S/C12H14ClN3O2/c13-12-4-2-9(7-15-12)1-3-10-5-6-14-11(10)8-16(17)18/h2,4,7-8,10,14H,1,3,5-6H2. The lowest BCUT2D eigenvalue weighted by Crippen LogP contribution is -2.10. The minimum Gasteiger partial charge on any atom is -0.383 e. The largest absolute Gasteiger partial charge is 0.383 e. The minimum absolute atomic E-state index is 0.242. The third-order valence-corrected chi connectivity index (χ3v) is 3.30. The topological polar surface area (TPSA) is 68.1 Å². The molecule has 2 rings (SSSR count). The van der Waals surface area contributed by atoms with Gasteiger partial charge in [0.15, 0.2) is 0 Å². The average Bonchev–Trinajstić information content (AvgIpc) is 2.75. The number of nitrogens with one attached hydrogen (secondary N) is 1. The Hall–Kier alpha value is -1.62. The second kappa shape index (κ2) is 5.82. The second-order valence-corrected chi connectivity index (χ2v) is 4.70. The molecule has 1 unspecified atom stereocenters. The Balaban J connectivity index is 1.93. The first kappa shape index (κ1) is 12.8. The molecule has 1 atom stereocenters. The van der Waals surface area contributed by atoms with Gasteiger partial charge >= 0.3 is 0 Å². The normalized spacial score (nSPS) is 20.9. The highest BCUT2D eigenvalue weighted by atomic mass is 35.5. The van der Waals surface area contributed by atoms with Crippen molar-refractivity contribution in [3.05, 3.63) is 51.1 Å². The van der Waals surface area contributed by atoms with Crippen molar-refractivity contribution in [2.75, 3.05) is 6.54 Å². The van der Waals surface area contributed by atoms with Gasteiger partial charge in [-0.3, -0.25) is 10.1 Å². The van der Waals surface area contributed by atoms with Crippen LogP contribution < -0.4 is 5.32 Å². The molecule has 1 aromatic heterocycles. The fourth-order valence-corrected chi connectivity index (χ4v) is 2.26. The van der Waals surface area contributed by atoms with Gasteiger partial charge in [-0.25, -0.2) is 4.98 Å². The highest BCUT2D eigenvalue weighted by molar-refractivity contribution is 6.29. The molecule has 0 saturated carbocycles. The molecule has 5 nitrogen and oxygen atoms in total. The summed E-state index contributed by atoms with van der Waals surface area (Å²) in [5.41, 5.74) is 1.84. The molecule has 1 aliphatic rings. The number of aryl methyl sites for hydroxylation is 1. The molecule has 0 aliphatic carbocycles. The van der Waals surface area contributed by atoms with Gasteiger partial charge in [-0.2, -0.15) is 0 Å². The van der Waals surface area contributed by atoms with E-state index in [2.05, 4.69) is 10.3 Å². The lowest BCUT2D eigenvalue weighted by molar-refractivity contribution is -0.404. The Labute approximate surface area is 110 Å². The molecule has 1 saturated heterocycles. The molecule has 0 aromatic carbocycles. The Morgan fingerprint density at radius 2 is 2.44 bits per heavy atom. The van der Waals surface area contributed by atoms with Crippen LogP contribution in [0.25, 0.3) is 0 Å². The summed E-state index contributed by atoms with van der Waals surface area (Å²) in [5.74, 6) is 0.242. The van der Waals surface area contributed by atoms with Gasteiger partial charge in [-0.05, 0) is 30.9 Å². The molecule has 1 aromatic rings. The summed E-state index contributed by atoms with van der Waals surface area (Å²) in [6.07, 6.45) is 5.52. The first-order valence-electron chi connectivity index (χ1n) is 5.84. The quantitative estimate of drug-likeness (QED) is 0.517. The zero-order chi connectivity index (χ0) is 13.0. The van der Waals surface area contributed by atoms with Crippen molar-refractivity contribution in [1.82, 2.24) is 10.3 Å².